The van der Waals surface area contributed by atoms with Crippen LogP contribution in [0.4, 0.5) is 0 Å². The molecular formula is C24H57BrN2O. The van der Waals surface area contributed by atoms with Gasteiger partial charge in [-0.2, -0.15) is 0 Å². The first-order valence-corrected chi connectivity index (χ1v) is 11.7. The molecule has 0 aliphatic heterocycles. The minimum atomic E-state index is 0. The number of unbranched alkanes of at least 4 members (excludes halogenated alkanes) is 12. The van der Waals surface area contributed by atoms with Gasteiger partial charge in [0.25, 0.3) is 0 Å². The van der Waals surface area contributed by atoms with Crippen LogP contribution in [0.5, 0.6) is 0 Å². The van der Waals surface area contributed by atoms with E-state index in [1.165, 1.54) is 103 Å². The Balaban J connectivity index is -0.000000192. The summed E-state index contributed by atoms with van der Waals surface area (Å²) in [4.78, 5) is 0. The van der Waals surface area contributed by atoms with Crippen molar-refractivity contribution in [3.63, 3.8) is 0 Å². The second kappa shape index (κ2) is 23.6. The van der Waals surface area contributed by atoms with Crippen LogP contribution >= 0.6 is 0 Å². The minimum absolute atomic E-state index is 0. The molecule has 1 N–H and O–H groups in total. The van der Waals surface area contributed by atoms with Crippen molar-refractivity contribution in [2.75, 3.05) is 55.4 Å². The molecule has 0 bridgehead atoms. The van der Waals surface area contributed by atoms with Gasteiger partial charge in [0, 0.05) is 0 Å². The molecule has 3 nitrogen and oxygen atoms in total. The topological polar surface area (TPSA) is 30.0 Å². The summed E-state index contributed by atoms with van der Waals surface area (Å²) in [6.07, 6.45) is 19.9. The van der Waals surface area contributed by atoms with E-state index in [1.54, 1.807) is 0 Å². The fourth-order valence-electron chi connectivity index (χ4n) is 3.09. The van der Waals surface area contributed by atoms with Crippen LogP contribution in [0, 0.1) is 0 Å². The van der Waals surface area contributed by atoms with Gasteiger partial charge in [0.15, 0.2) is 0 Å². The van der Waals surface area contributed by atoms with Crippen LogP contribution in [-0.2, 0) is 0 Å². The fraction of sp³-hybridized carbons (Fsp3) is 1.00. The normalized spacial score (nSPS) is 11.1. The van der Waals surface area contributed by atoms with E-state index in [0.29, 0.717) is 0 Å². The second-order valence-corrected chi connectivity index (χ2v) is 10.3. The zero-order valence-corrected chi connectivity index (χ0v) is 22.6. The Labute approximate surface area is 190 Å². The molecule has 0 radical (unpaired) electrons. The molecule has 0 aromatic carbocycles. The van der Waals surface area contributed by atoms with E-state index in [-0.39, 0.29) is 22.5 Å². The van der Waals surface area contributed by atoms with Crippen LogP contribution in [0.1, 0.15) is 104 Å². The number of nitrogens with zero attached hydrogens (tertiary/aromatic N) is 2. The van der Waals surface area contributed by atoms with Gasteiger partial charge in [-0.3, -0.25) is 0 Å². The Morgan fingerprint density at radius 1 is 0.393 bits per heavy atom. The lowest BCUT2D eigenvalue weighted by Crippen LogP contribution is -3.00. The third-order valence-electron chi connectivity index (χ3n) is 4.86. The van der Waals surface area contributed by atoms with Crippen molar-refractivity contribution in [2.45, 2.75) is 104 Å². The van der Waals surface area contributed by atoms with Gasteiger partial charge in [-0.15, -0.1) is 0 Å². The van der Waals surface area contributed by atoms with E-state index < -0.39 is 0 Å². The van der Waals surface area contributed by atoms with Gasteiger partial charge < -0.3 is 31.4 Å². The Morgan fingerprint density at radius 3 is 0.821 bits per heavy atom. The van der Waals surface area contributed by atoms with Crippen LogP contribution in [0.3, 0.4) is 0 Å². The van der Waals surface area contributed by atoms with Crippen LogP contribution in [0.2, 0.25) is 0 Å². The molecular weight excluding hydrogens is 412 g/mol. The molecule has 0 aliphatic rings. The van der Waals surface area contributed by atoms with Crippen molar-refractivity contribution < 1.29 is 31.4 Å². The van der Waals surface area contributed by atoms with E-state index in [4.69, 9.17) is 0 Å². The van der Waals surface area contributed by atoms with Crippen LogP contribution < -0.4 is 17.0 Å². The maximum absolute atomic E-state index is 2.27. The monoisotopic (exact) mass is 468 g/mol. The highest BCUT2D eigenvalue weighted by molar-refractivity contribution is 4.45. The lowest BCUT2D eigenvalue weighted by Gasteiger charge is -2.23. The first kappa shape index (κ1) is 35.8. The summed E-state index contributed by atoms with van der Waals surface area (Å²) in [6, 6.07) is 0. The Hall–Kier alpha value is 0.360. The highest BCUT2D eigenvalue weighted by atomic mass is 79.9. The van der Waals surface area contributed by atoms with Gasteiger partial charge in [-0.25, -0.2) is 0 Å². The van der Waals surface area contributed by atoms with Crippen molar-refractivity contribution in [1.82, 2.24) is 0 Å². The molecule has 0 saturated heterocycles. The zero-order chi connectivity index (χ0) is 20.3. The molecule has 176 valence electrons. The number of hydrogen-bond donors (Lipinski definition) is 0. The van der Waals surface area contributed by atoms with Crippen LogP contribution in [-0.4, -0.2) is 69.8 Å². The summed E-state index contributed by atoms with van der Waals surface area (Å²) in [7, 11) is 13.6. The van der Waals surface area contributed by atoms with Crippen molar-refractivity contribution in [3.05, 3.63) is 0 Å². The van der Waals surface area contributed by atoms with Gasteiger partial charge in [-0.1, -0.05) is 78.1 Å². The standard InChI is InChI=1S/2C12H28N.BrH.H2O/c2*1-5-6-7-8-9-10-11-12-13(2,3)4;;/h2*5-12H2,1-4H3;1H;1H2/q2*+1;;/p-2. The molecule has 4 heteroatoms. The average molecular weight is 470 g/mol. The van der Waals surface area contributed by atoms with E-state index in [2.05, 4.69) is 56.1 Å². The summed E-state index contributed by atoms with van der Waals surface area (Å²) in [5, 5.41) is 0. The van der Waals surface area contributed by atoms with Gasteiger partial charge in [0.05, 0.1) is 55.4 Å². The lowest BCUT2D eigenvalue weighted by molar-refractivity contribution is -0.870. The summed E-state index contributed by atoms with van der Waals surface area (Å²) >= 11 is 0. The van der Waals surface area contributed by atoms with E-state index in [1.807, 2.05) is 0 Å². The molecule has 0 fully saturated rings. The number of rotatable bonds is 16. The maximum Gasteiger partial charge on any atom is 0.0780 e. The largest absolute Gasteiger partial charge is 1.00 e. The Morgan fingerprint density at radius 2 is 0.607 bits per heavy atom. The molecule has 0 rings (SSSR count). The quantitative estimate of drug-likeness (QED) is 0.250. The number of hydrogen-bond acceptors (Lipinski definition) is 1. The lowest BCUT2D eigenvalue weighted by atomic mass is 10.1. The van der Waals surface area contributed by atoms with Gasteiger partial charge in [0.1, 0.15) is 0 Å². The Bertz CT molecular complexity index is 245. The predicted octanol–water partition coefficient (Wildman–Crippen LogP) is 3.71. The summed E-state index contributed by atoms with van der Waals surface area (Å²) in [5.41, 5.74) is 0. The third kappa shape index (κ3) is 40.9. The van der Waals surface area contributed by atoms with Crippen molar-refractivity contribution >= 4 is 0 Å². The summed E-state index contributed by atoms with van der Waals surface area (Å²) in [6.45, 7) is 7.20. The van der Waals surface area contributed by atoms with Crippen LogP contribution in [0.15, 0.2) is 0 Å². The summed E-state index contributed by atoms with van der Waals surface area (Å²) in [5.74, 6) is 0. The van der Waals surface area contributed by atoms with E-state index in [9.17, 15) is 0 Å². The second-order valence-electron chi connectivity index (χ2n) is 10.3. The van der Waals surface area contributed by atoms with E-state index >= 15 is 0 Å². The third-order valence-corrected chi connectivity index (χ3v) is 4.86. The fourth-order valence-corrected chi connectivity index (χ4v) is 3.09. The minimum Gasteiger partial charge on any atom is -1.00 e. The number of quaternary nitrogens is 2. The zero-order valence-electron chi connectivity index (χ0n) is 21.0. The summed E-state index contributed by atoms with van der Waals surface area (Å²) < 4.78 is 2.24. The smallest absolute Gasteiger partial charge is 0.0780 e. The number of halogens is 1. The van der Waals surface area contributed by atoms with Crippen molar-refractivity contribution in [2.24, 2.45) is 0 Å². The molecule has 0 spiro atoms. The highest BCUT2D eigenvalue weighted by Gasteiger charge is 2.05. The SMILES string of the molecule is CCCCCCCCC[N+](C)(C)C.CCCCCCCCC[N+](C)(C)C.[Br-].[OH-]. The first-order valence-electron chi connectivity index (χ1n) is 11.7. The van der Waals surface area contributed by atoms with Gasteiger partial charge in [-0.05, 0) is 25.7 Å². The molecule has 0 unspecified atom stereocenters. The van der Waals surface area contributed by atoms with Crippen molar-refractivity contribution in [1.29, 1.82) is 0 Å². The van der Waals surface area contributed by atoms with Crippen molar-refractivity contribution in [3.8, 4) is 0 Å². The van der Waals surface area contributed by atoms with Gasteiger partial charge >= 0.3 is 0 Å². The molecule has 0 saturated carbocycles. The molecule has 0 atom stereocenters. The molecule has 0 aliphatic carbocycles. The van der Waals surface area contributed by atoms with Crippen LogP contribution in [0.25, 0.3) is 0 Å². The van der Waals surface area contributed by atoms with E-state index in [0.717, 1.165) is 8.97 Å². The predicted molar refractivity (Wildman–Crippen MR) is 124 cm³/mol. The Kier molecular flexibility index (Phi) is 30.2. The van der Waals surface area contributed by atoms with Gasteiger partial charge in [0.2, 0.25) is 0 Å². The molecule has 0 aromatic rings. The molecule has 28 heavy (non-hydrogen) atoms. The highest BCUT2D eigenvalue weighted by Crippen LogP contribution is 2.08. The molecule has 0 amide bonds. The molecule has 0 aromatic heterocycles. The average Bonchev–Trinajstić information content (AvgIpc) is 2.52. The maximum atomic E-state index is 2.27. The molecule has 0 heterocycles. The first-order chi connectivity index (χ1) is 12.1.